The fourth-order valence-corrected chi connectivity index (χ4v) is 1.84. The maximum atomic E-state index is 12.8. The van der Waals surface area contributed by atoms with Crippen molar-refractivity contribution in [1.29, 1.82) is 0 Å². The van der Waals surface area contributed by atoms with Gasteiger partial charge < -0.3 is 10.1 Å². The molecule has 0 fully saturated rings. The van der Waals surface area contributed by atoms with Crippen LogP contribution in [0.3, 0.4) is 0 Å². The minimum absolute atomic E-state index is 0.107. The highest BCUT2D eigenvalue weighted by Gasteiger charge is 2.13. The second kappa shape index (κ2) is 7.32. The van der Waals surface area contributed by atoms with Crippen LogP contribution in [0.2, 0.25) is 0 Å². The van der Waals surface area contributed by atoms with Crippen molar-refractivity contribution in [2.45, 2.75) is 6.92 Å². The molecule has 0 bridgehead atoms. The Morgan fingerprint density at radius 1 is 1.21 bits per heavy atom. The van der Waals surface area contributed by atoms with E-state index >= 15 is 0 Å². The number of nitro groups is 1. The van der Waals surface area contributed by atoms with E-state index in [2.05, 4.69) is 5.32 Å². The lowest BCUT2D eigenvalue weighted by atomic mass is 10.2. The highest BCUT2D eigenvalue weighted by atomic mass is 19.1. The number of anilines is 1. The minimum atomic E-state index is -0.777. The Hall–Kier alpha value is -3.29. The van der Waals surface area contributed by atoms with Gasteiger partial charge in [-0.15, -0.1) is 0 Å². The molecule has 0 atom stereocenters. The summed E-state index contributed by atoms with van der Waals surface area (Å²) in [6.45, 7) is 1.10. The lowest BCUT2D eigenvalue weighted by molar-refractivity contribution is -0.384. The van der Waals surface area contributed by atoms with Crippen molar-refractivity contribution in [1.82, 2.24) is 0 Å². The molecular formula is C16H13FN2O5. The summed E-state index contributed by atoms with van der Waals surface area (Å²) >= 11 is 0. The summed E-state index contributed by atoms with van der Waals surface area (Å²) in [5.41, 5.74) is 0.820. The number of amides is 1. The van der Waals surface area contributed by atoms with Crippen molar-refractivity contribution in [3.8, 4) is 0 Å². The number of esters is 1. The molecule has 0 aliphatic heterocycles. The lowest BCUT2D eigenvalue weighted by Crippen LogP contribution is -2.21. The summed E-state index contributed by atoms with van der Waals surface area (Å²) < 4.78 is 17.6. The average Bonchev–Trinajstić information content (AvgIpc) is 2.55. The van der Waals surface area contributed by atoms with Crippen molar-refractivity contribution < 1.29 is 23.6 Å². The topological polar surface area (TPSA) is 98.5 Å². The highest BCUT2D eigenvalue weighted by molar-refractivity contribution is 5.96. The van der Waals surface area contributed by atoms with Gasteiger partial charge in [0.1, 0.15) is 5.82 Å². The van der Waals surface area contributed by atoms with Crippen molar-refractivity contribution in [3.63, 3.8) is 0 Å². The number of nitrogens with one attached hydrogen (secondary N) is 1. The fourth-order valence-electron chi connectivity index (χ4n) is 1.84. The molecule has 0 unspecified atom stereocenters. The number of nitrogens with zero attached hydrogens (tertiary/aromatic N) is 1. The molecule has 24 heavy (non-hydrogen) atoms. The van der Waals surface area contributed by atoms with Crippen LogP contribution in [0, 0.1) is 22.9 Å². The van der Waals surface area contributed by atoms with E-state index in [9.17, 15) is 24.1 Å². The van der Waals surface area contributed by atoms with E-state index in [-0.39, 0.29) is 16.9 Å². The molecule has 0 aromatic heterocycles. The quantitative estimate of drug-likeness (QED) is 0.516. The Balaban J connectivity index is 1.96. The van der Waals surface area contributed by atoms with Crippen molar-refractivity contribution in [2.24, 2.45) is 0 Å². The van der Waals surface area contributed by atoms with Crippen LogP contribution < -0.4 is 5.32 Å². The van der Waals surface area contributed by atoms with Crippen LogP contribution in [0.5, 0.6) is 0 Å². The SMILES string of the molecule is Cc1ccc([N+](=O)[O-])cc1NC(=O)COC(=O)c1ccc(F)cc1. The second-order valence-electron chi connectivity index (χ2n) is 4.89. The molecule has 0 saturated carbocycles. The first-order valence-electron chi connectivity index (χ1n) is 6.84. The summed E-state index contributed by atoms with van der Waals surface area (Å²) in [5, 5.41) is 13.2. The maximum absolute atomic E-state index is 12.8. The van der Waals surface area contributed by atoms with E-state index < -0.39 is 29.2 Å². The number of rotatable bonds is 5. The molecule has 2 aromatic rings. The van der Waals surface area contributed by atoms with Crippen molar-refractivity contribution >= 4 is 23.3 Å². The van der Waals surface area contributed by atoms with Gasteiger partial charge >= 0.3 is 5.97 Å². The first-order chi connectivity index (χ1) is 11.4. The van der Waals surface area contributed by atoms with E-state index in [0.717, 1.165) is 12.1 Å². The van der Waals surface area contributed by atoms with Crippen LogP contribution in [-0.4, -0.2) is 23.4 Å². The van der Waals surface area contributed by atoms with Gasteiger partial charge in [0.05, 0.1) is 16.2 Å². The molecule has 0 saturated heterocycles. The molecule has 0 aliphatic rings. The van der Waals surface area contributed by atoms with E-state index in [0.29, 0.717) is 5.56 Å². The van der Waals surface area contributed by atoms with Crippen LogP contribution in [-0.2, 0) is 9.53 Å². The van der Waals surface area contributed by atoms with Crippen molar-refractivity contribution in [2.75, 3.05) is 11.9 Å². The number of halogens is 1. The first-order valence-corrected chi connectivity index (χ1v) is 6.84. The van der Waals surface area contributed by atoms with E-state index in [4.69, 9.17) is 4.74 Å². The van der Waals surface area contributed by atoms with E-state index in [1.807, 2.05) is 0 Å². The van der Waals surface area contributed by atoms with Crippen LogP contribution in [0.25, 0.3) is 0 Å². The molecule has 7 nitrogen and oxygen atoms in total. The first kappa shape index (κ1) is 17.1. The molecule has 2 aromatic carbocycles. The van der Waals surface area contributed by atoms with E-state index in [1.54, 1.807) is 6.92 Å². The molecular weight excluding hydrogens is 319 g/mol. The van der Waals surface area contributed by atoms with E-state index in [1.165, 1.54) is 30.3 Å². The molecule has 2 rings (SSSR count). The summed E-state index contributed by atoms with van der Waals surface area (Å²) in [6.07, 6.45) is 0. The van der Waals surface area contributed by atoms with Gasteiger partial charge in [0.2, 0.25) is 0 Å². The van der Waals surface area contributed by atoms with Crippen LogP contribution in [0.1, 0.15) is 15.9 Å². The number of benzene rings is 2. The third-order valence-corrected chi connectivity index (χ3v) is 3.12. The number of hydrogen-bond acceptors (Lipinski definition) is 5. The lowest BCUT2D eigenvalue weighted by Gasteiger charge is -2.09. The minimum Gasteiger partial charge on any atom is -0.452 e. The predicted molar refractivity (Wildman–Crippen MR) is 83.1 cm³/mol. The Bertz CT molecular complexity index is 790. The van der Waals surface area contributed by atoms with Crippen LogP contribution >= 0.6 is 0 Å². The summed E-state index contributed by atoms with van der Waals surface area (Å²) in [4.78, 5) is 33.7. The van der Waals surface area contributed by atoms with Gasteiger partial charge in [-0.3, -0.25) is 14.9 Å². The zero-order valence-corrected chi connectivity index (χ0v) is 12.6. The van der Waals surface area contributed by atoms with Gasteiger partial charge in [0.15, 0.2) is 6.61 Å². The zero-order valence-electron chi connectivity index (χ0n) is 12.6. The molecule has 0 radical (unpaired) electrons. The van der Waals surface area contributed by atoms with Gasteiger partial charge in [0.25, 0.3) is 11.6 Å². The molecule has 124 valence electrons. The molecule has 0 aliphatic carbocycles. The molecule has 1 amide bonds. The number of hydrogen-bond donors (Lipinski definition) is 1. The largest absolute Gasteiger partial charge is 0.452 e. The smallest absolute Gasteiger partial charge is 0.338 e. The third kappa shape index (κ3) is 4.35. The maximum Gasteiger partial charge on any atom is 0.338 e. The number of nitro benzene ring substituents is 1. The average molecular weight is 332 g/mol. The Morgan fingerprint density at radius 3 is 2.50 bits per heavy atom. The molecule has 8 heteroatoms. The Morgan fingerprint density at radius 2 is 1.88 bits per heavy atom. The van der Waals surface area contributed by atoms with Crippen LogP contribution in [0.4, 0.5) is 15.8 Å². The van der Waals surface area contributed by atoms with Gasteiger partial charge in [-0.25, -0.2) is 9.18 Å². The van der Waals surface area contributed by atoms with Gasteiger partial charge in [-0.2, -0.15) is 0 Å². The van der Waals surface area contributed by atoms with Gasteiger partial charge in [-0.05, 0) is 36.8 Å². The molecule has 1 N–H and O–H groups in total. The molecule has 0 spiro atoms. The summed E-state index contributed by atoms with van der Waals surface area (Å²) in [7, 11) is 0. The normalized spacial score (nSPS) is 10.1. The number of carbonyl (C=O) groups is 2. The monoisotopic (exact) mass is 332 g/mol. The van der Waals surface area contributed by atoms with Crippen LogP contribution in [0.15, 0.2) is 42.5 Å². The Labute approximate surface area is 136 Å². The standard InChI is InChI=1S/C16H13FN2O5/c1-10-2-7-13(19(22)23)8-14(10)18-15(20)9-24-16(21)11-3-5-12(17)6-4-11/h2-8H,9H2,1H3,(H,18,20). The van der Waals surface area contributed by atoms with Crippen molar-refractivity contribution in [3.05, 3.63) is 69.5 Å². The summed E-state index contributed by atoms with van der Waals surface area (Å²) in [5.74, 6) is -1.92. The fraction of sp³-hybridized carbons (Fsp3) is 0.125. The Kier molecular flexibility index (Phi) is 5.20. The highest BCUT2D eigenvalue weighted by Crippen LogP contribution is 2.21. The van der Waals surface area contributed by atoms with Gasteiger partial charge in [-0.1, -0.05) is 6.07 Å². The zero-order chi connectivity index (χ0) is 17.7. The number of non-ortho nitro benzene ring substituents is 1. The predicted octanol–water partition coefficient (Wildman–Crippen LogP) is 2.84. The number of aryl methyl sites for hydroxylation is 1. The third-order valence-electron chi connectivity index (χ3n) is 3.12. The second-order valence-corrected chi connectivity index (χ2v) is 4.89. The number of ether oxygens (including phenoxy) is 1. The summed E-state index contributed by atoms with van der Waals surface area (Å²) in [6, 6.07) is 8.71. The van der Waals surface area contributed by atoms with Gasteiger partial charge in [0, 0.05) is 12.1 Å². The molecule has 0 heterocycles. The number of carbonyl (C=O) groups excluding carboxylic acids is 2.